The number of hydrogen-bond donors (Lipinski definition) is 0. The van der Waals surface area contributed by atoms with E-state index in [1.165, 1.54) is 7.05 Å². The molecule has 2 aliphatic carbocycles. The topological polar surface area (TPSA) is 41.6 Å². The fraction of sp³-hybridized carbons (Fsp3) is 0.636. The van der Waals surface area contributed by atoms with E-state index in [9.17, 15) is 8.78 Å². The van der Waals surface area contributed by atoms with E-state index in [-0.39, 0.29) is 17.3 Å². The van der Waals surface area contributed by atoms with Gasteiger partial charge in [-0.15, -0.1) is 0 Å². The van der Waals surface area contributed by atoms with Crippen LogP contribution in [0.3, 0.4) is 0 Å². The van der Waals surface area contributed by atoms with Crippen LogP contribution in [0.5, 0.6) is 0 Å². The molecule has 1 saturated carbocycles. The van der Waals surface area contributed by atoms with E-state index >= 15 is 0 Å². The Morgan fingerprint density at radius 2 is 2.12 bits per heavy atom. The van der Waals surface area contributed by atoms with Gasteiger partial charge in [-0.2, -0.15) is 19.1 Å². The summed E-state index contributed by atoms with van der Waals surface area (Å²) in [5.74, 6) is -3.48. The summed E-state index contributed by atoms with van der Waals surface area (Å²) in [6.07, 6.45) is 0.500. The zero-order valence-corrected chi connectivity index (χ0v) is 9.46. The summed E-state index contributed by atoms with van der Waals surface area (Å²) in [6, 6.07) is 1.88. The number of alkyl halides is 2. The van der Waals surface area contributed by atoms with Gasteiger partial charge in [0.05, 0.1) is 0 Å². The number of nitrogens with zero attached hydrogens (tertiary/aromatic N) is 3. The molecule has 0 aromatic carbocycles. The van der Waals surface area contributed by atoms with E-state index in [0.29, 0.717) is 12.0 Å². The Morgan fingerprint density at radius 3 is 2.69 bits per heavy atom. The van der Waals surface area contributed by atoms with Crippen LogP contribution >= 0.6 is 0 Å². The fourth-order valence-electron chi connectivity index (χ4n) is 2.46. The van der Waals surface area contributed by atoms with Crippen molar-refractivity contribution in [2.45, 2.75) is 32.1 Å². The molecule has 1 heterocycles. The van der Waals surface area contributed by atoms with Gasteiger partial charge in [0.25, 0.3) is 5.92 Å². The van der Waals surface area contributed by atoms with Crippen molar-refractivity contribution in [3.63, 3.8) is 0 Å². The SMILES string of the molecule is CC.Cn1nc(C#N)c2c1C(F)(F)C1CC21. The maximum Gasteiger partial charge on any atom is 0.293 e. The first kappa shape index (κ1) is 11.1. The highest BCUT2D eigenvalue weighted by molar-refractivity contribution is 5.49. The zero-order valence-electron chi connectivity index (χ0n) is 9.46. The van der Waals surface area contributed by atoms with Crippen molar-refractivity contribution in [2.75, 3.05) is 0 Å². The normalized spacial score (nSPS) is 27.2. The van der Waals surface area contributed by atoms with Gasteiger partial charge in [0, 0.05) is 18.5 Å². The lowest BCUT2D eigenvalue weighted by atomic mass is 10.1. The summed E-state index contributed by atoms with van der Waals surface area (Å²) in [5.41, 5.74) is 0.618. The number of nitriles is 1. The molecule has 0 aliphatic heterocycles. The summed E-state index contributed by atoms with van der Waals surface area (Å²) in [5, 5.41) is 12.5. The third-order valence-electron chi connectivity index (χ3n) is 3.13. The molecule has 0 N–H and O–H groups in total. The van der Waals surface area contributed by atoms with Gasteiger partial charge >= 0.3 is 0 Å². The minimum atomic E-state index is -2.78. The van der Waals surface area contributed by atoms with E-state index in [2.05, 4.69) is 5.10 Å². The molecule has 2 atom stereocenters. The van der Waals surface area contributed by atoms with Gasteiger partial charge in [-0.3, -0.25) is 4.68 Å². The molecule has 86 valence electrons. The van der Waals surface area contributed by atoms with Crippen LogP contribution < -0.4 is 0 Å². The van der Waals surface area contributed by atoms with Gasteiger partial charge in [0.15, 0.2) is 5.69 Å². The molecule has 1 aromatic rings. The van der Waals surface area contributed by atoms with Gasteiger partial charge in [-0.25, -0.2) is 0 Å². The van der Waals surface area contributed by atoms with Gasteiger partial charge < -0.3 is 0 Å². The molecule has 3 nitrogen and oxygen atoms in total. The van der Waals surface area contributed by atoms with Gasteiger partial charge in [-0.05, 0) is 12.3 Å². The molecule has 0 bridgehead atoms. The molecule has 1 fully saturated rings. The molecule has 0 amide bonds. The number of fused-ring (bicyclic) bond motifs is 3. The van der Waals surface area contributed by atoms with Crippen molar-refractivity contribution in [1.82, 2.24) is 9.78 Å². The number of rotatable bonds is 0. The van der Waals surface area contributed by atoms with E-state index in [1.807, 2.05) is 19.9 Å². The van der Waals surface area contributed by atoms with Crippen LogP contribution in [-0.2, 0) is 13.0 Å². The first-order chi connectivity index (χ1) is 7.57. The van der Waals surface area contributed by atoms with E-state index in [1.54, 1.807) is 0 Å². The van der Waals surface area contributed by atoms with Crippen LogP contribution in [-0.4, -0.2) is 9.78 Å². The molecule has 5 heteroatoms. The number of hydrogen-bond acceptors (Lipinski definition) is 2. The molecule has 2 aliphatic rings. The van der Waals surface area contributed by atoms with Crippen LogP contribution in [0.1, 0.15) is 43.1 Å². The molecule has 0 radical (unpaired) electrons. The van der Waals surface area contributed by atoms with Crippen LogP contribution in [0.4, 0.5) is 8.78 Å². The smallest absolute Gasteiger partial charge is 0.265 e. The van der Waals surface area contributed by atoms with Gasteiger partial charge in [-0.1, -0.05) is 13.8 Å². The van der Waals surface area contributed by atoms with Crippen LogP contribution in [0.25, 0.3) is 0 Å². The zero-order chi connectivity index (χ0) is 12.1. The van der Waals surface area contributed by atoms with E-state index in [0.717, 1.165) is 4.68 Å². The van der Waals surface area contributed by atoms with Crippen molar-refractivity contribution in [1.29, 1.82) is 5.26 Å². The van der Waals surface area contributed by atoms with Gasteiger partial charge in [0.1, 0.15) is 11.8 Å². The molecular formula is C11H13F2N3. The van der Waals surface area contributed by atoms with Crippen molar-refractivity contribution in [3.05, 3.63) is 17.0 Å². The summed E-state index contributed by atoms with van der Waals surface area (Å²) in [7, 11) is 1.47. The van der Waals surface area contributed by atoms with E-state index in [4.69, 9.17) is 5.26 Å². The first-order valence-electron chi connectivity index (χ1n) is 5.42. The quantitative estimate of drug-likeness (QED) is 0.680. The lowest BCUT2D eigenvalue weighted by molar-refractivity contribution is -0.0301. The average Bonchev–Trinajstić information content (AvgIpc) is 2.94. The molecule has 1 aromatic heterocycles. The molecular weight excluding hydrogens is 212 g/mol. The largest absolute Gasteiger partial charge is 0.293 e. The second-order valence-corrected chi connectivity index (χ2v) is 3.92. The predicted octanol–water partition coefficient (Wildman–Crippen LogP) is 2.53. The second-order valence-electron chi connectivity index (χ2n) is 3.92. The molecule has 0 spiro atoms. The second kappa shape index (κ2) is 3.27. The first-order valence-corrected chi connectivity index (χ1v) is 5.42. The third kappa shape index (κ3) is 1.13. The Morgan fingerprint density at radius 1 is 1.50 bits per heavy atom. The van der Waals surface area contributed by atoms with E-state index < -0.39 is 11.8 Å². The third-order valence-corrected chi connectivity index (χ3v) is 3.13. The van der Waals surface area contributed by atoms with Crippen LogP contribution in [0.15, 0.2) is 0 Å². The highest BCUT2D eigenvalue weighted by atomic mass is 19.3. The molecule has 16 heavy (non-hydrogen) atoms. The Bertz CT molecular complexity index is 470. The van der Waals surface area contributed by atoms with Crippen molar-refractivity contribution in [3.8, 4) is 6.07 Å². The minimum absolute atomic E-state index is 0.0460. The molecule has 0 saturated heterocycles. The van der Waals surface area contributed by atoms with Gasteiger partial charge in [0.2, 0.25) is 0 Å². The summed E-state index contributed by atoms with van der Waals surface area (Å²) in [6.45, 7) is 4.00. The fourth-order valence-corrected chi connectivity index (χ4v) is 2.46. The van der Waals surface area contributed by atoms with Crippen LogP contribution in [0, 0.1) is 17.2 Å². The van der Waals surface area contributed by atoms with Crippen molar-refractivity contribution >= 4 is 0 Å². The summed E-state index contributed by atoms with van der Waals surface area (Å²) in [4.78, 5) is 0. The number of halogens is 2. The average molecular weight is 225 g/mol. The summed E-state index contributed by atoms with van der Waals surface area (Å²) >= 11 is 0. The Labute approximate surface area is 92.7 Å². The predicted molar refractivity (Wildman–Crippen MR) is 54.0 cm³/mol. The van der Waals surface area contributed by atoms with Crippen LogP contribution in [0.2, 0.25) is 0 Å². The Balaban J connectivity index is 0.000000457. The lowest BCUT2D eigenvalue weighted by Gasteiger charge is -2.12. The highest BCUT2D eigenvalue weighted by Gasteiger charge is 2.66. The number of aryl methyl sites for hydroxylation is 1. The highest BCUT2D eigenvalue weighted by Crippen LogP contribution is 2.67. The standard InChI is InChI=1S/C9H7F2N3.C2H6/c1-14-8-7(6(3-12)13-14)4-2-5(4)9(8,10)11;1-2/h4-5H,2H2,1H3;1-2H3. The summed E-state index contributed by atoms with van der Waals surface area (Å²) < 4.78 is 28.4. The maximum atomic E-state index is 13.6. The maximum absolute atomic E-state index is 13.6. The Hall–Kier alpha value is -1.44. The lowest BCUT2D eigenvalue weighted by Crippen LogP contribution is -2.18. The van der Waals surface area contributed by atoms with Crippen molar-refractivity contribution < 1.29 is 8.78 Å². The monoisotopic (exact) mass is 225 g/mol. The molecule has 2 unspecified atom stereocenters. The Kier molecular flexibility index (Phi) is 2.26. The number of aromatic nitrogens is 2. The molecule has 3 rings (SSSR count). The van der Waals surface area contributed by atoms with Crippen molar-refractivity contribution in [2.24, 2.45) is 13.0 Å². The minimum Gasteiger partial charge on any atom is -0.265 e.